The van der Waals surface area contributed by atoms with Gasteiger partial charge < -0.3 is 5.32 Å². The number of nitrogens with one attached hydrogen (secondary N) is 1. The van der Waals surface area contributed by atoms with E-state index in [9.17, 15) is 28.1 Å². The van der Waals surface area contributed by atoms with Crippen molar-refractivity contribution in [3.63, 3.8) is 0 Å². The average molecular weight is 286 g/mol. The zero-order valence-electron chi connectivity index (χ0n) is 10.2. The molecule has 0 radical (unpaired) electrons. The van der Waals surface area contributed by atoms with Crippen LogP contribution in [0.15, 0.2) is 18.2 Å². The first-order valence-electron chi connectivity index (χ1n) is 5.25. The molecule has 5 nitrogen and oxygen atoms in total. The molecule has 1 aromatic carbocycles. The molecule has 1 N–H and O–H groups in total. The molecule has 0 bridgehead atoms. The van der Waals surface area contributed by atoms with E-state index in [0.29, 0.717) is 12.1 Å². The number of nitro benzene ring substituents is 1. The van der Waals surface area contributed by atoms with Crippen LogP contribution >= 0.6 is 0 Å². The van der Waals surface area contributed by atoms with Crippen LogP contribution in [0.3, 0.4) is 0 Å². The molecular formula is C12H9F3N2O3. The maximum Gasteiger partial charge on any atom is 0.416 e. The Morgan fingerprint density at radius 1 is 1.45 bits per heavy atom. The number of carbonyl (C=O) groups excluding carboxylic acids is 1. The van der Waals surface area contributed by atoms with E-state index < -0.39 is 34.3 Å². The Balaban J connectivity index is 3.39. The highest BCUT2D eigenvalue weighted by Crippen LogP contribution is 2.33. The number of alkyl halides is 3. The molecule has 20 heavy (non-hydrogen) atoms. The number of rotatable bonds is 3. The van der Waals surface area contributed by atoms with Gasteiger partial charge in [0.25, 0.3) is 5.69 Å². The number of nitro groups is 1. The molecule has 0 saturated carbocycles. The van der Waals surface area contributed by atoms with Crippen LogP contribution in [0.2, 0.25) is 0 Å². The SMILES string of the molecule is C#CC(NC(C)=O)c1cc([N+](=O)[O-])cc(C(F)(F)F)c1. The maximum atomic E-state index is 12.7. The van der Waals surface area contributed by atoms with Gasteiger partial charge in [0.1, 0.15) is 6.04 Å². The zero-order chi connectivity index (χ0) is 15.5. The van der Waals surface area contributed by atoms with Crippen molar-refractivity contribution in [2.75, 3.05) is 0 Å². The Bertz CT molecular complexity index is 591. The van der Waals surface area contributed by atoms with E-state index in [2.05, 4.69) is 11.2 Å². The maximum absolute atomic E-state index is 12.7. The van der Waals surface area contributed by atoms with Gasteiger partial charge in [-0.25, -0.2) is 0 Å². The van der Waals surface area contributed by atoms with Crippen molar-refractivity contribution in [2.24, 2.45) is 0 Å². The molecule has 106 valence electrons. The number of halogens is 3. The van der Waals surface area contributed by atoms with Gasteiger partial charge in [-0.15, -0.1) is 6.42 Å². The van der Waals surface area contributed by atoms with Crippen molar-refractivity contribution in [2.45, 2.75) is 19.1 Å². The van der Waals surface area contributed by atoms with E-state index in [1.807, 2.05) is 0 Å². The van der Waals surface area contributed by atoms with Crippen molar-refractivity contribution in [3.05, 3.63) is 39.4 Å². The molecular weight excluding hydrogens is 277 g/mol. The molecule has 0 aliphatic carbocycles. The van der Waals surface area contributed by atoms with Crippen LogP contribution in [0.5, 0.6) is 0 Å². The van der Waals surface area contributed by atoms with Crippen LogP contribution in [-0.2, 0) is 11.0 Å². The molecule has 0 aromatic heterocycles. The van der Waals surface area contributed by atoms with Crippen molar-refractivity contribution in [1.29, 1.82) is 0 Å². The largest absolute Gasteiger partial charge is 0.416 e. The first-order valence-corrected chi connectivity index (χ1v) is 5.25. The monoisotopic (exact) mass is 286 g/mol. The standard InChI is InChI=1S/C12H9F3N2O3/c1-3-11(16-7(2)18)8-4-9(12(13,14)15)6-10(5-8)17(19)20/h1,4-6,11H,2H3,(H,16,18). The number of carbonyl (C=O) groups is 1. The van der Waals surface area contributed by atoms with E-state index >= 15 is 0 Å². The van der Waals surface area contributed by atoms with E-state index in [0.717, 1.165) is 13.0 Å². The first-order chi connectivity index (χ1) is 9.15. The summed E-state index contributed by atoms with van der Waals surface area (Å²) < 4.78 is 38.0. The van der Waals surface area contributed by atoms with E-state index in [-0.39, 0.29) is 5.56 Å². The molecule has 0 heterocycles. The fourth-order valence-electron chi connectivity index (χ4n) is 1.49. The second-order valence-electron chi connectivity index (χ2n) is 3.87. The molecule has 0 aliphatic heterocycles. The molecule has 8 heteroatoms. The Kier molecular flexibility index (Phi) is 4.34. The lowest BCUT2D eigenvalue weighted by atomic mass is 10.0. The molecule has 1 atom stereocenters. The molecule has 1 aromatic rings. The van der Waals surface area contributed by atoms with Gasteiger partial charge in [-0.2, -0.15) is 13.2 Å². The Morgan fingerprint density at radius 3 is 2.45 bits per heavy atom. The summed E-state index contributed by atoms with van der Waals surface area (Å²) in [5, 5.41) is 12.9. The normalized spacial score (nSPS) is 12.3. The lowest BCUT2D eigenvalue weighted by molar-refractivity contribution is -0.385. The Morgan fingerprint density at radius 2 is 2.05 bits per heavy atom. The summed E-state index contributed by atoms with van der Waals surface area (Å²) in [5.74, 6) is 1.51. The number of terminal acetylenes is 1. The number of benzene rings is 1. The number of nitrogens with zero attached hydrogens (tertiary/aromatic N) is 1. The Labute approximate surface area is 111 Å². The van der Waals surface area contributed by atoms with Crippen molar-refractivity contribution in [3.8, 4) is 12.3 Å². The van der Waals surface area contributed by atoms with Crippen molar-refractivity contribution >= 4 is 11.6 Å². The van der Waals surface area contributed by atoms with Gasteiger partial charge in [0.05, 0.1) is 10.5 Å². The third kappa shape index (κ3) is 3.71. The number of hydrogen-bond donors (Lipinski definition) is 1. The fraction of sp³-hybridized carbons (Fsp3) is 0.250. The van der Waals surface area contributed by atoms with Gasteiger partial charge in [0, 0.05) is 19.1 Å². The fourth-order valence-corrected chi connectivity index (χ4v) is 1.49. The minimum absolute atomic E-state index is 0.177. The smallest absolute Gasteiger partial charge is 0.339 e. The summed E-state index contributed by atoms with van der Waals surface area (Å²) in [7, 11) is 0. The quantitative estimate of drug-likeness (QED) is 0.527. The predicted octanol–water partition coefficient (Wildman–Crippen LogP) is 2.42. The lowest BCUT2D eigenvalue weighted by Crippen LogP contribution is -2.25. The third-order valence-corrected chi connectivity index (χ3v) is 2.33. The van der Waals surface area contributed by atoms with Crippen molar-refractivity contribution in [1.82, 2.24) is 5.32 Å². The van der Waals surface area contributed by atoms with Crippen LogP contribution in [0.25, 0.3) is 0 Å². The predicted molar refractivity (Wildman–Crippen MR) is 63.5 cm³/mol. The molecule has 0 aliphatic rings. The lowest BCUT2D eigenvalue weighted by Gasteiger charge is -2.14. The summed E-state index contributed by atoms with van der Waals surface area (Å²) in [4.78, 5) is 20.6. The molecule has 0 fully saturated rings. The van der Waals surface area contributed by atoms with Crippen LogP contribution in [-0.4, -0.2) is 10.8 Å². The highest BCUT2D eigenvalue weighted by molar-refractivity contribution is 5.74. The number of non-ortho nitro benzene ring substituents is 1. The first kappa shape index (κ1) is 15.5. The van der Waals surface area contributed by atoms with E-state index in [1.165, 1.54) is 0 Å². The summed E-state index contributed by atoms with van der Waals surface area (Å²) in [6.07, 6.45) is 0.369. The average Bonchev–Trinajstić information content (AvgIpc) is 2.34. The number of hydrogen-bond acceptors (Lipinski definition) is 3. The topological polar surface area (TPSA) is 72.2 Å². The van der Waals surface area contributed by atoms with Crippen molar-refractivity contribution < 1.29 is 22.9 Å². The van der Waals surface area contributed by atoms with Crippen LogP contribution in [0, 0.1) is 22.5 Å². The van der Waals surface area contributed by atoms with E-state index in [4.69, 9.17) is 6.42 Å². The second-order valence-corrected chi connectivity index (χ2v) is 3.87. The minimum atomic E-state index is -4.75. The molecule has 1 rings (SSSR count). The zero-order valence-corrected chi connectivity index (χ0v) is 10.2. The summed E-state index contributed by atoms with van der Waals surface area (Å²) in [6, 6.07) is 0.807. The molecule has 1 unspecified atom stereocenters. The van der Waals surface area contributed by atoms with E-state index in [1.54, 1.807) is 0 Å². The molecule has 1 amide bonds. The Hall–Kier alpha value is -2.56. The number of amides is 1. The van der Waals surface area contributed by atoms with Gasteiger partial charge in [-0.05, 0) is 11.6 Å². The van der Waals surface area contributed by atoms with Crippen LogP contribution in [0.4, 0.5) is 18.9 Å². The summed E-state index contributed by atoms with van der Waals surface area (Å²) in [5.41, 5.74) is -2.13. The van der Waals surface area contributed by atoms with Gasteiger partial charge in [0.15, 0.2) is 0 Å². The summed E-state index contributed by atoms with van der Waals surface area (Å²) in [6.45, 7) is 1.13. The molecule has 0 spiro atoms. The highest BCUT2D eigenvalue weighted by Gasteiger charge is 2.33. The van der Waals surface area contributed by atoms with Gasteiger partial charge in [-0.1, -0.05) is 5.92 Å². The van der Waals surface area contributed by atoms with Gasteiger partial charge >= 0.3 is 6.18 Å². The minimum Gasteiger partial charge on any atom is -0.339 e. The van der Waals surface area contributed by atoms with Gasteiger partial charge in [-0.3, -0.25) is 14.9 Å². The van der Waals surface area contributed by atoms with Gasteiger partial charge in [0.2, 0.25) is 5.91 Å². The highest BCUT2D eigenvalue weighted by atomic mass is 19.4. The third-order valence-electron chi connectivity index (χ3n) is 2.33. The summed E-state index contributed by atoms with van der Waals surface area (Å²) >= 11 is 0. The second kappa shape index (κ2) is 5.61. The van der Waals surface area contributed by atoms with Crippen LogP contribution in [0.1, 0.15) is 24.1 Å². The molecule has 0 saturated heterocycles. The van der Waals surface area contributed by atoms with Crippen LogP contribution < -0.4 is 5.32 Å².